The van der Waals surface area contributed by atoms with E-state index in [0.29, 0.717) is 17.6 Å². The van der Waals surface area contributed by atoms with E-state index < -0.39 is 5.97 Å². The summed E-state index contributed by atoms with van der Waals surface area (Å²) in [6, 6.07) is 3.51. The first-order valence-corrected chi connectivity index (χ1v) is 8.30. The van der Waals surface area contributed by atoms with Crippen LogP contribution in [0.15, 0.2) is 29.3 Å². The second-order valence-electron chi connectivity index (χ2n) is 6.36. The molecule has 0 unspecified atom stereocenters. The van der Waals surface area contributed by atoms with E-state index in [9.17, 15) is 9.59 Å². The van der Waals surface area contributed by atoms with Gasteiger partial charge >= 0.3 is 5.97 Å². The molecule has 0 saturated carbocycles. The molecule has 0 aliphatic rings. The Hall–Kier alpha value is -2.96. The molecule has 0 spiro atoms. The maximum absolute atomic E-state index is 12.6. The van der Waals surface area contributed by atoms with Gasteiger partial charge in [-0.25, -0.2) is 14.4 Å². The third-order valence-corrected chi connectivity index (χ3v) is 3.76. The average molecular weight is 357 g/mol. The standard InChI is InChI=1S/C19H25N4O3/c1-7-23-12-15(19(25)26-6)17(24)14-8-9-16(20-18(14)23)13(10-21(2)3)11-22(4)5/h8-12H,7H2,1-6H3/q+1. The SMILES string of the molecule is CCn1cc(C(=O)OC)c(=O)c2ccc(/C(C=[N+](C)C)=C/N(C)C)nc21. The minimum absolute atomic E-state index is 0.0142. The first kappa shape index (κ1) is 19.4. The predicted molar refractivity (Wildman–Crippen MR) is 103 cm³/mol. The zero-order chi connectivity index (χ0) is 19.4. The number of allylic oxidation sites excluding steroid dienone is 1. The molecule has 0 radical (unpaired) electrons. The number of hydrogen-bond donors (Lipinski definition) is 0. The molecule has 138 valence electrons. The molecule has 7 heteroatoms. The molecule has 0 aliphatic carbocycles. The smallest absolute Gasteiger partial charge is 0.343 e. The third kappa shape index (κ3) is 3.99. The lowest BCUT2D eigenvalue weighted by atomic mass is 10.1. The van der Waals surface area contributed by atoms with Gasteiger partial charge in [0.1, 0.15) is 25.3 Å². The molecule has 0 amide bonds. The number of hydrogen-bond acceptors (Lipinski definition) is 5. The van der Waals surface area contributed by atoms with Gasteiger partial charge in [0.25, 0.3) is 0 Å². The van der Waals surface area contributed by atoms with Crippen molar-refractivity contribution in [1.29, 1.82) is 0 Å². The average Bonchev–Trinajstić information content (AvgIpc) is 2.59. The van der Waals surface area contributed by atoms with Crippen LogP contribution in [0.25, 0.3) is 16.6 Å². The predicted octanol–water partition coefficient (Wildman–Crippen LogP) is 1.45. The topological polar surface area (TPSA) is 67.4 Å². The molecular formula is C19H25N4O3+. The number of ether oxygens (including phenoxy) is 1. The molecule has 0 aliphatic heterocycles. The van der Waals surface area contributed by atoms with Crippen molar-refractivity contribution in [3.8, 4) is 0 Å². The minimum atomic E-state index is -0.641. The summed E-state index contributed by atoms with van der Waals surface area (Å²) in [6.07, 6.45) is 5.44. The fourth-order valence-corrected chi connectivity index (χ4v) is 2.64. The molecule has 2 aromatic heterocycles. The van der Waals surface area contributed by atoms with Crippen molar-refractivity contribution in [1.82, 2.24) is 14.5 Å². The van der Waals surface area contributed by atoms with E-state index in [1.165, 1.54) is 13.3 Å². The molecule has 2 heterocycles. The molecule has 7 nitrogen and oxygen atoms in total. The summed E-state index contributed by atoms with van der Waals surface area (Å²) in [4.78, 5) is 31.2. The van der Waals surface area contributed by atoms with Gasteiger partial charge in [-0.15, -0.1) is 0 Å². The van der Waals surface area contributed by atoms with Crippen molar-refractivity contribution in [3.63, 3.8) is 0 Å². The second kappa shape index (κ2) is 7.95. The van der Waals surface area contributed by atoms with Gasteiger partial charge in [0.15, 0.2) is 6.21 Å². The Kier molecular flexibility index (Phi) is 5.92. The van der Waals surface area contributed by atoms with Crippen LogP contribution in [0.2, 0.25) is 0 Å². The van der Waals surface area contributed by atoms with Gasteiger partial charge in [-0.1, -0.05) is 0 Å². The van der Waals surface area contributed by atoms with Crippen molar-refractivity contribution in [2.24, 2.45) is 0 Å². The van der Waals surface area contributed by atoms with Crippen LogP contribution in [0.1, 0.15) is 23.0 Å². The van der Waals surface area contributed by atoms with Crippen molar-refractivity contribution < 1.29 is 14.1 Å². The van der Waals surface area contributed by atoms with Crippen LogP contribution in [0.3, 0.4) is 0 Å². The minimum Gasteiger partial charge on any atom is -0.465 e. The number of carbonyl (C=O) groups excluding carboxylic acids is 1. The van der Waals surface area contributed by atoms with Crippen molar-refractivity contribution in [2.45, 2.75) is 13.5 Å². The summed E-state index contributed by atoms with van der Waals surface area (Å²) in [5, 5.41) is 0.396. The van der Waals surface area contributed by atoms with Gasteiger partial charge in [-0.05, 0) is 19.1 Å². The Labute approximate surface area is 152 Å². The van der Waals surface area contributed by atoms with E-state index in [1.807, 2.05) is 57.0 Å². The van der Waals surface area contributed by atoms with Crippen LogP contribution < -0.4 is 5.43 Å². The molecule has 0 bridgehead atoms. The Morgan fingerprint density at radius 1 is 1.35 bits per heavy atom. The fraction of sp³-hybridized carbons (Fsp3) is 0.368. The number of rotatable bonds is 5. The van der Waals surface area contributed by atoms with Gasteiger partial charge in [-0.3, -0.25) is 4.79 Å². The van der Waals surface area contributed by atoms with E-state index in [-0.39, 0.29) is 11.0 Å². The van der Waals surface area contributed by atoms with Crippen LogP contribution in [-0.2, 0) is 11.3 Å². The van der Waals surface area contributed by atoms with Gasteiger partial charge in [0.2, 0.25) is 5.43 Å². The molecule has 0 saturated heterocycles. The summed E-state index contributed by atoms with van der Waals surface area (Å²) >= 11 is 0. The molecule has 0 atom stereocenters. The number of carbonyl (C=O) groups is 1. The first-order chi connectivity index (χ1) is 12.3. The zero-order valence-corrected chi connectivity index (χ0v) is 16.1. The lowest BCUT2D eigenvalue weighted by molar-refractivity contribution is -0.458. The summed E-state index contributed by atoms with van der Waals surface area (Å²) < 4.78 is 8.44. The Morgan fingerprint density at radius 3 is 2.58 bits per heavy atom. The number of aryl methyl sites for hydroxylation is 1. The largest absolute Gasteiger partial charge is 0.465 e. The van der Waals surface area contributed by atoms with Crippen LogP contribution in [0, 0.1) is 0 Å². The van der Waals surface area contributed by atoms with Crippen LogP contribution in [-0.4, -0.2) is 66.5 Å². The molecule has 2 aromatic rings. The summed E-state index contributed by atoms with van der Waals surface area (Å²) in [7, 11) is 9.02. The maximum atomic E-state index is 12.6. The maximum Gasteiger partial charge on any atom is 0.343 e. The lowest BCUT2D eigenvalue weighted by Gasteiger charge is -2.12. The molecule has 0 N–H and O–H groups in total. The third-order valence-electron chi connectivity index (χ3n) is 3.76. The highest BCUT2D eigenvalue weighted by atomic mass is 16.5. The quantitative estimate of drug-likeness (QED) is 0.460. The van der Waals surface area contributed by atoms with Crippen LogP contribution in [0.5, 0.6) is 0 Å². The Morgan fingerprint density at radius 2 is 2.04 bits per heavy atom. The normalized spacial score (nSPS) is 11.4. The van der Waals surface area contributed by atoms with Gasteiger partial charge in [-0.2, -0.15) is 0 Å². The highest BCUT2D eigenvalue weighted by Crippen LogP contribution is 2.16. The Bertz CT molecular complexity index is 951. The van der Waals surface area contributed by atoms with E-state index in [4.69, 9.17) is 9.72 Å². The second-order valence-corrected chi connectivity index (χ2v) is 6.36. The van der Waals surface area contributed by atoms with Crippen LogP contribution >= 0.6 is 0 Å². The van der Waals surface area contributed by atoms with Gasteiger partial charge < -0.3 is 14.2 Å². The van der Waals surface area contributed by atoms with Crippen LogP contribution in [0.4, 0.5) is 0 Å². The highest BCUT2D eigenvalue weighted by molar-refractivity contribution is 6.07. The monoisotopic (exact) mass is 357 g/mol. The zero-order valence-electron chi connectivity index (χ0n) is 16.1. The molecule has 26 heavy (non-hydrogen) atoms. The van der Waals surface area contributed by atoms with Crippen molar-refractivity contribution in [2.75, 3.05) is 35.3 Å². The van der Waals surface area contributed by atoms with Gasteiger partial charge in [0.05, 0.1) is 23.8 Å². The number of nitrogens with zero attached hydrogens (tertiary/aromatic N) is 4. The first-order valence-electron chi connectivity index (χ1n) is 8.30. The van der Waals surface area contributed by atoms with Gasteiger partial charge in [0, 0.05) is 33.0 Å². The number of methoxy groups -OCH3 is 1. The van der Waals surface area contributed by atoms with Crippen molar-refractivity contribution in [3.05, 3.63) is 46.0 Å². The molecule has 0 aromatic carbocycles. The Balaban J connectivity index is 2.77. The number of pyridine rings is 2. The van der Waals surface area contributed by atoms with E-state index in [0.717, 1.165) is 11.3 Å². The van der Waals surface area contributed by atoms with E-state index >= 15 is 0 Å². The van der Waals surface area contributed by atoms with E-state index in [1.54, 1.807) is 16.7 Å². The molecule has 2 rings (SSSR count). The number of fused-ring (bicyclic) bond motifs is 1. The van der Waals surface area contributed by atoms with E-state index in [2.05, 4.69) is 0 Å². The summed E-state index contributed by atoms with van der Waals surface area (Å²) in [6.45, 7) is 2.50. The lowest BCUT2D eigenvalue weighted by Crippen LogP contribution is -2.21. The molecule has 0 fully saturated rings. The fourth-order valence-electron chi connectivity index (χ4n) is 2.64. The molecular weight excluding hydrogens is 332 g/mol. The highest BCUT2D eigenvalue weighted by Gasteiger charge is 2.17. The number of aromatic nitrogens is 2. The summed E-state index contributed by atoms with van der Waals surface area (Å²) in [5.74, 6) is -0.641. The van der Waals surface area contributed by atoms with Crippen molar-refractivity contribution >= 4 is 28.8 Å². The summed E-state index contributed by atoms with van der Waals surface area (Å²) in [5.41, 5.74) is 1.84. The number of esters is 1.